The lowest BCUT2D eigenvalue weighted by molar-refractivity contribution is 1.52. The summed E-state index contributed by atoms with van der Waals surface area (Å²) in [6.45, 7) is 5.98. The SMILES string of the molecule is C=Cc1c(/C=C\C)cccc1Nc1ccc2ccccc2c1. The monoisotopic (exact) mass is 285 g/mol. The van der Waals surface area contributed by atoms with Crippen molar-refractivity contribution in [2.24, 2.45) is 0 Å². The minimum atomic E-state index is 1.07. The first-order valence-corrected chi connectivity index (χ1v) is 7.46. The van der Waals surface area contributed by atoms with Crippen LogP contribution in [0.5, 0.6) is 0 Å². The van der Waals surface area contributed by atoms with Crippen LogP contribution in [0.4, 0.5) is 11.4 Å². The number of benzene rings is 3. The highest BCUT2D eigenvalue weighted by Gasteiger charge is 2.04. The number of hydrogen-bond donors (Lipinski definition) is 1. The molecule has 3 aromatic rings. The molecule has 0 atom stereocenters. The summed E-state index contributed by atoms with van der Waals surface area (Å²) >= 11 is 0. The molecule has 1 N–H and O–H groups in total. The Balaban J connectivity index is 2.01. The zero-order chi connectivity index (χ0) is 15.4. The molecular weight excluding hydrogens is 266 g/mol. The lowest BCUT2D eigenvalue weighted by Crippen LogP contribution is -1.94. The van der Waals surface area contributed by atoms with Crippen molar-refractivity contribution in [3.63, 3.8) is 0 Å². The van der Waals surface area contributed by atoms with Crippen LogP contribution in [0.2, 0.25) is 0 Å². The predicted molar refractivity (Wildman–Crippen MR) is 98.5 cm³/mol. The Kier molecular flexibility index (Phi) is 4.06. The summed E-state index contributed by atoms with van der Waals surface area (Å²) in [6, 6.07) is 21.0. The zero-order valence-electron chi connectivity index (χ0n) is 12.7. The van der Waals surface area contributed by atoms with Gasteiger partial charge in [0, 0.05) is 16.9 Å². The second kappa shape index (κ2) is 6.31. The highest BCUT2D eigenvalue weighted by molar-refractivity contribution is 5.87. The molecule has 1 nitrogen and oxygen atoms in total. The van der Waals surface area contributed by atoms with Crippen molar-refractivity contribution >= 4 is 34.3 Å². The van der Waals surface area contributed by atoms with Gasteiger partial charge in [0.25, 0.3) is 0 Å². The van der Waals surface area contributed by atoms with Crippen LogP contribution in [0.25, 0.3) is 22.9 Å². The Bertz CT molecular complexity index is 843. The molecular formula is C21H19N. The van der Waals surface area contributed by atoms with E-state index in [1.165, 1.54) is 16.3 Å². The molecule has 1 heteroatoms. The van der Waals surface area contributed by atoms with E-state index in [-0.39, 0.29) is 0 Å². The molecule has 0 saturated carbocycles. The van der Waals surface area contributed by atoms with Crippen molar-refractivity contribution < 1.29 is 0 Å². The van der Waals surface area contributed by atoms with Gasteiger partial charge >= 0.3 is 0 Å². The Labute approximate surface area is 131 Å². The number of hydrogen-bond acceptors (Lipinski definition) is 1. The number of nitrogens with one attached hydrogen (secondary N) is 1. The van der Waals surface area contributed by atoms with Crippen molar-refractivity contribution in [2.45, 2.75) is 6.92 Å². The third kappa shape index (κ3) is 2.79. The normalized spacial score (nSPS) is 11.0. The Morgan fingerprint density at radius 2 is 1.73 bits per heavy atom. The topological polar surface area (TPSA) is 12.0 Å². The molecule has 0 aliphatic carbocycles. The van der Waals surface area contributed by atoms with E-state index in [4.69, 9.17) is 0 Å². The van der Waals surface area contributed by atoms with E-state index in [1.807, 2.05) is 19.1 Å². The van der Waals surface area contributed by atoms with Crippen LogP contribution in [-0.4, -0.2) is 0 Å². The lowest BCUT2D eigenvalue weighted by atomic mass is 10.0. The van der Waals surface area contributed by atoms with Crippen LogP contribution < -0.4 is 5.32 Å². The molecule has 0 spiro atoms. The van der Waals surface area contributed by atoms with Gasteiger partial charge in [0.15, 0.2) is 0 Å². The molecule has 0 radical (unpaired) electrons. The van der Waals surface area contributed by atoms with Crippen LogP contribution in [0, 0.1) is 0 Å². The second-order valence-electron chi connectivity index (χ2n) is 5.20. The first-order chi connectivity index (χ1) is 10.8. The molecule has 0 heterocycles. The van der Waals surface area contributed by atoms with E-state index in [0.29, 0.717) is 0 Å². The first-order valence-electron chi connectivity index (χ1n) is 7.46. The molecule has 0 aliphatic rings. The minimum absolute atomic E-state index is 1.07. The maximum Gasteiger partial charge on any atom is 0.0463 e. The minimum Gasteiger partial charge on any atom is -0.355 e. The average Bonchev–Trinajstić information content (AvgIpc) is 2.55. The van der Waals surface area contributed by atoms with Gasteiger partial charge in [-0.2, -0.15) is 0 Å². The standard InChI is InChI=1S/C21H19N/c1-3-8-17-11-7-12-21(20(17)4-2)22-19-14-13-16-9-5-6-10-18(16)15-19/h3-15,22H,2H2,1H3/b8-3-. The summed E-state index contributed by atoms with van der Waals surface area (Å²) in [7, 11) is 0. The van der Waals surface area contributed by atoms with Crippen LogP contribution in [0.1, 0.15) is 18.1 Å². The molecule has 0 unspecified atom stereocenters. The molecule has 0 aromatic heterocycles. The molecule has 0 saturated heterocycles. The molecule has 0 bridgehead atoms. The number of anilines is 2. The van der Waals surface area contributed by atoms with Gasteiger partial charge in [-0.1, -0.05) is 67.3 Å². The van der Waals surface area contributed by atoms with Crippen molar-refractivity contribution in [1.29, 1.82) is 0 Å². The van der Waals surface area contributed by atoms with Crippen LogP contribution in [-0.2, 0) is 0 Å². The molecule has 3 aromatic carbocycles. The molecule has 22 heavy (non-hydrogen) atoms. The van der Waals surface area contributed by atoms with Gasteiger partial charge in [-0.05, 0) is 41.5 Å². The Hall–Kier alpha value is -2.80. The van der Waals surface area contributed by atoms with Crippen LogP contribution in [0.3, 0.4) is 0 Å². The zero-order valence-corrected chi connectivity index (χ0v) is 12.7. The third-order valence-corrected chi connectivity index (χ3v) is 3.72. The lowest BCUT2D eigenvalue weighted by Gasteiger charge is -2.13. The molecule has 0 aliphatic heterocycles. The molecule has 0 amide bonds. The Morgan fingerprint density at radius 1 is 0.909 bits per heavy atom. The van der Waals surface area contributed by atoms with E-state index < -0.39 is 0 Å². The number of fused-ring (bicyclic) bond motifs is 1. The summed E-state index contributed by atoms with van der Waals surface area (Å²) in [5, 5.41) is 5.99. The van der Waals surface area contributed by atoms with Gasteiger partial charge in [-0.3, -0.25) is 0 Å². The van der Waals surface area contributed by atoms with Crippen molar-refractivity contribution in [2.75, 3.05) is 5.32 Å². The van der Waals surface area contributed by atoms with Gasteiger partial charge < -0.3 is 5.32 Å². The average molecular weight is 285 g/mol. The van der Waals surface area contributed by atoms with E-state index >= 15 is 0 Å². The summed E-state index contributed by atoms with van der Waals surface area (Å²) in [5.41, 5.74) is 4.44. The fraction of sp³-hybridized carbons (Fsp3) is 0.0476. The number of rotatable bonds is 4. The fourth-order valence-corrected chi connectivity index (χ4v) is 2.67. The maximum atomic E-state index is 3.95. The smallest absolute Gasteiger partial charge is 0.0463 e. The summed E-state index contributed by atoms with van der Waals surface area (Å²) in [6.07, 6.45) is 6.05. The van der Waals surface area contributed by atoms with Crippen molar-refractivity contribution in [3.8, 4) is 0 Å². The van der Waals surface area contributed by atoms with Gasteiger partial charge in [0.2, 0.25) is 0 Å². The quantitative estimate of drug-likeness (QED) is 0.596. The van der Waals surface area contributed by atoms with Crippen molar-refractivity contribution in [3.05, 3.63) is 84.4 Å². The maximum absolute atomic E-state index is 3.95. The van der Waals surface area contributed by atoms with Crippen LogP contribution >= 0.6 is 0 Å². The summed E-state index contributed by atoms with van der Waals surface area (Å²) in [5.74, 6) is 0. The van der Waals surface area contributed by atoms with Gasteiger partial charge in [-0.15, -0.1) is 0 Å². The van der Waals surface area contributed by atoms with E-state index in [0.717, 1.165) is 16.9 Å². The van der Waals surface area contributed by atoms with Gasteiger partial charge in [0.05, 0.1) is 0 Å². The van der Waals surface area contributed by atoms with Gasteiger partial charge in [0.1, 0.15) is 0 Å². The first kappa shape index (κ1) is 14.2. The van der Waals surface area contributed by atoms with Gasteiger partial charge in [-0.25, -0.2) is 0 Å². The van der Waals surface area contributed by atoms with E-state index in [2.05, 4.69) is 78.6 Å². The fourth-order valence-electron chi connectivity index (χ4n) is 2.67. The molecule has 0 fully saturated rings. The molecule has 108 valence electrons. The van der Waals surface area contributed by atoms with Crippen molar-refractivity contribution in [1.82, 2.24) is 0 Å². The van der Waals surface area contributed by atoms with Crippen LogP contribution in [0.15, 0.2) is 73.3 Å². The van der Waals surface area contributed by atoms with E-state index in [9.17, 15) is 0 Å². The number of allylic oxidation sites excluding steroid dienone is 1. The highest BCUT2D eigenvalue weighted by atomic mass is 14.9. The second-order valence-corrected chi connectivity index (χ2v) is 5.20. The predicted octanol–water partition coefficient (Wildman–Crippen LogP) is 6.26. The molecule has 3 rings (SSSR count). The highest BCUT2D eigenvalue weighted by Crippen LogP contribution is 2.27. The third-order valence-electron chi connectivity index (χ3n) is 3.72. The largest absolute Gasteiger partial charge is 0.355 e. The van der Waals surface area contributed by atoms with E-state index in [1.54, 1.807) is 0 Å². The summed E-state index contributed by atoms with van der Waals surface area (Å²) in [4.78, 5) is 0. The summed E-state index contributed by atoms with van der Waals surface area (Å²) < 4.78 is 0. The Morgan fingerprint density at radius 3 is 2.50 bits per heavy atom.